The van der Waals surface area contributed by atoms with Gasteiger partial charge in [0.05, 0.1) is 16.5 Å². The molecule has 0 spiro atoms. The number of anilines is 1. The number of H-pyrrole nitrogens is 1. The first-order chi connectivity index (χ1) is 10.2. The number of thioether (sulfide) groups is 1. The number of rotatable bonds is 7. The molecule has 21 heavy (non-hydrogen) atoms. The molecule has 1 aromatic heterocycles. The molecule has 0 bridgehead atoms. The zero-order valence-electron chi connectivity index (χ0n) is 11.7. The molecule has 0 unspecified atom stereocenters. The zero-order valence-corrected chi connectivity index (χ0v) is 13.3. The quantitative estimate of drug-likeness (QED) is 0.764. The molecule has 0 aliphatic rings. The summed E-state index contributed by atoms with van der Waals surface area (Å²) in [4.78, 5) is 16.2. The van der Waals surface area contributed by atoms with Crippen molar-refractivity contribution in [2.75, 3.05) is 11.1 Å². The van der Waals surface area contributed by atoms with Gasteiger partial charge in [-0.15, -0.1) is 5.10 Å². The van der Waals surface area contributed by atoms with E-state index in [-0.39, 0.29) is 11.7 Å². The van der Waals surface area contributed by atoms with Gasteiger partial charge in [0.2, 0.25) is 11.1 Å². The minimum absolute atomic E-state index is 0.131. The van der Waals surface area contributed by atoms with E-state index >= 15 is 0 Å². The average molecular weight is 325 g/mol. The average Bonchev–Trinajstić information content (AvgIpc) is 2.93. The summed E-state index contributed by atoms with van der Waals surface area (Å²) in [5.74, 6) is 0.981. The first-order valence-electron chi connectivity index (χ1n) is 6.77. The first-order valence-corrected chi connectivity index (χ1v) is 8.14. The third kappa shape index (κ3) is 5.06. The Morgan fingerprint density at radius 3 is 3.00 bits per heavy atom. The van der Waals surface area contributed by atoms with Crippen molar-refractivity contribution in [1.29, 1.82) is 0 Å². The Bertz CT molecular complexity index is 602. The minimum atomic E-state index is -0.131. The molecule has 0 fully saturated rings. The van der Waals surface area contributed by atoms with E-state index in [1.807, 2.05) is 12.1 Å². The van der Waals surface area contributed by atoms with Gasteiger partial charge in [-0.05, 0) is 18.6 Å². The highest BCUT2D eigenvalue weighted by atomic mass is 35.5. The van der Waals surface area contributed by atoms with E-state index in [0.717, 1.165) is 25.1 Å². The molecule has 5 nitrogen and oxygen atoms in total. The van der Waals surface area contributed by atoms with Crippen LogP contribution in [0.5, 0.6) is 0 Å². The smallest absolute Gasteiger partial charge is 0.234 e. The van der Waals surface area contributed by atoms with Gasteiger partial charge < -0.3 is 5.32 Å². The number of unbranched alkanes of at least 4 members (excludes halogenated alkanes) is 1. The lowest BCUT2D eigenvalue weighted by Crippen LogP contribution is -2.14. The largest absolute Gasteiger partial charge is 0.324 e. The van der Waals surface area contributed by atoms with Crippen molar-refractivity contribution in [3.8, 4) is 0 Å². The third-order valence-electron chi connectivity index (χ3n) is 2.76. The molecule has 2 N–H and O–H groups in total. The topological polar surface area (TPSA) is 70.7 Å². The van der Waals surface area contributed by atoms with E-state index in [9.17, 15) is 4.79 Å². The maximum absolute atomic E-state index is 11.9. The standard InChI is InChI=1S/C14H17ClN4OS/c1-2-3-8-12-17-14(19-18-12)21-9-13(20)16-11-7-5-4-6-10(11)15/h4-7H,2-3,8-9H2,1H3,(H,16,20)(H,17,18,19). The minimum Gasteiger partial charge on any atom is -0.324 e. The second-order valence-corrected chi connectivity index (χ2v) is 5.83. The number of nitrogens with zero attached hydrogens (tertiary/aromatic N) is 2. The highest BCUT2D eigenvalue weighted by molar-refractivity contribution is 7.99. The van der Waals surface area contributed by atoms with Crippen LogP contribution in [0.1, 0.15) is 25.6 Å². The highest BCUT2D eigenvalue weighted by Gasteiger charge is 2.09. The van der Waals surface area contributed by atoms with Crippen molar-refractivity contribution < 1.29 is 4.79 Å². The lowest BCUT2D eigenvalue weighted by atomic mass is 10.2. The van der Waals surface area contributed by atoms with E-state index in [0.29, 0.717) is 15.9 Å². The van der Waals surface area contributed by atoms with E-state index in [4.69, 9.17) is 11.6 Å². The normalized spacial score (nSPS) is 10.6. The number of hydrogen-bond donors (Lipinski definition) is 2. The summed E-state index contributed by atoms with van der Waals surface area (Å²) in [6.07, 6.45) is 3.07. The molecule has 0 saturated heterocycles. The van der Waals surface area contributed by atoms with E-state index < -0.39 is 0 Å². The third-order valence-corrected chi connectivity index (χ3v) is 3.94. The van der Waals surface area contributed by atoms with Crippen LogP contribution < -0.4 is 5.32 Å². The monoisotopic (exact) mass is 324 g/mol. The van der Waals surface area contributed by atoms with Crippen LogP contribution >= 0.6 is 23.4 Å². The van der Waals surface area contributed by atoms with Crippen LogP contribution in [0.4, 0.5) is 5.69 Å². The number of hydrogen-bond acceptors (Lipinski definition) is 4. The molecule has 1 aromatic carbocycles. The summed E-state index contributed by atoms with van der Waals surface area (Å²) < 4.78 is 0. The van der Waals surface area contributed by atoms with E-state index in [1.165, 1.54) is 11.8 Å². The van der Waals surface area contributed by atoms with Crippen LogP contribution in [0.3, 0.4) is 0 Å². The second kappa shape index (κ2) is 8.05. The Hall–Kier alpha value is -1.53. The molecule has 1 amide bonds. The number of halogens is 1. The molecular formula is C14H17ClN4OS. The van der Waals surface area contributed by atoms with Crippen molar-refractivity contribution in [1.82, 2.24) is 15.2 Å². The molecule has 2 rings (SSSR count). The number of amides is 1. The summed E-state index contributed by atoms with van der Waals surface area (Å²) in [6.45, 7) is 2.13. The van der Waals surface area contributed by atoms with Gasteiger partial charge >= 0.3 is 0 Å². The lowest BCUT2D eigenvalue weighted by Gasteiger charge is -2.05. The van der Waals surface area contributed by atoms with Gasteiger partial charge in [-0.25, -0.2) is 4.98 Å². The van der Waals surface area contributed by atoms with Crippen LogP contribution in [0.2, 0.25) is 5.02 Å². The number of benzene rings is 1. The van der Waals surface area contributed by atoms with Gasteiger partial charge in [0, 0.05) is 6.42 Å². The van der Waals surface area contributed by atoms with Gasteiger partial charge in [0.25, 0.3) is 0 Å². The maximum Gasteiger partial charge on any atom is 0.234 e. The van der Waals surface area contributed by atoms with E-state index in [2.05, 4.69) is 27.4 Å². The molecule has 1 heterocycles. The molecule has 0 atom stereocenters. The van der Waals surface area contributed by atoms with Gasteiger partial charge in [-0.3, -0.25) is 9.89 Å². The number of carbonyl (C=O) groups is 1. The molecular weight excluding hydrogens is 308 g/mol. The first kappa shape index (κ1) is 15.9. The van der Waals surface area contributed by atoms with Crippen LogP contribution in [0.25, 0.3) is 0 Å². The fourth-order valence-electron chi connectivity index (χ4n) is 1.68. The summed E-state index contributed by atoms with van der Waals surface area (Å²) >= 11 is 7.29. The van der Waals surface area contributed by atoms with Crippen molar-refractivity contribution in [2.24, 2.45) is 0 Å². The van der Waals surface area contributed by atoms with Gasteiger partial charge in [-0.2, -0.15) is 0 Å². The summed E-state index contributed by atoms with van der Waals surface area (Å²) in [5, 5.41) is 10.9. The molecule has 7 heteroatoms. The number of aryl methyl sites for hydroxylation is 1. The SMILES string of the molecule is CCCCc1nc(SCC(=O)Nc2ccccc2Cl)n[nH]1. The summed E-state index contributed by atoms with van der Waals surface area (Å²) in [6, 6.07) is 7.14. The molecule has 2 aromatic rings. The Kier molecular flexibility index (Phi) is 6.07. The Morgan fingerprint density at radius 2 is 2.24 bits per heavy atom. The number of aromatic nitrogens is 3. The molecule has 0 radical (unpaired) electrons. The Balaban J connectivity index is 1.81. The van der Waals surface area contributed by atoms with Crippen molar-refractivity contribution in [3.63, 3.8) is 0 Å². The molecule has 0 saturated carbocycles. The summed E-state index contributed by atoms with van der Waals surface area (Å²) in [5.41, 5.74) is 0.614. The van der Waals surface area contributed by atoms with Crippen molar-refractivity contribution in [2.45, 2.75) is 31.3 Å². The number of aromatic amines is 1. The van der Waals surface area contributed by atoms with Gasteiger partial charge in [0.1, 0.15) is 5.82 Å². The van der Waals surface area contributed by atoms with Gasteiger partial charge in [-0.1, -0.05) is 48.8 Å². The molecule has 0 aliphatic carbocycles. The second-order valence-electron chi connectivity index (χ2n) is 4.48. The number of nitrogens with one attached hydrogen (secondary N) is 2. The Morgan fingerprint density at radius 1 is 1.43 bits per heavy atom. The molecule has 0 aliphatic heterocycles. The van der Waals surface area contributed by atoms with Crippen molar-refractivity contribution >= 4 is 35.0 Å². The number of para-hydroxylation sites is 1. The van der Waals surface area contributed by atoms with Crippen LogP contribution in [0, 0.1) is 0 Å². The molecule has 112 valence electrons. The lowest BCUT2D eigenvalue weighted by molar-refractivity contribution is -0.113. The zero-order chi connectivity index (χ0) is 15.1. The van der Waals surface area contributed by atoms with Crippen LogP contribution in [-0.4, -0.2) is 26.8 Å². The number of carbonyl (C=O) groups excluding carboxylic acids is 1. The maximum atomic E-state index is 11.9. The fourth-order valence-corrected chi connectivity index (χ4v) is 2.48. The fraction of sp³-hybridized carbons (Fsp3) is 0.357. The van der Waals surface area contributed by atoms with E-state index in [1.54, 1.807) is 12.1 Å². The van der Waals surface area contributed by atoms with Gasteiger partial charge in [0.15, 0.2) is 0 Å². The van der Waals surface area contributed by atoms with Crippen molar-refractivity contribution in [3.05, 3.63) is 35.1 Å². The summed E-state index contributed by atoms with van der Waals surface area (Å²) in [7, 11) is 0. The van der Waals surface area contributed by atoms with Crippen LogP contribution in [-0.2, 0) is 11.2 Å². The predicted octanol–water partition coefficient (Wildman–Crippen LogP) is 3.53. The predicted molar refractivity (Wildman–Crippen MR) is 85.8 cm³/mol. The Labute approximate surface area is 132 Å². The van der Waals surface area contributed by atoms with Crippen LogP contribution in [0.15, 0.2) is 29.4 Å². The highest BCUT2D eigenvalue weighted by Crippen LogP contribution is 2.21.